The minimum Gasteiger partial charge on any atom is -0.438 e. The van der Waals surface area contributed by atoms with Crippen LogP contribution in [0.4, 0.5) is 0 Å². The summed E-state index contributed by atoms with van der Waals surface area (Å²) in [4.78, 5) is 26.6. The number of nitrogens with zero attached hydrogens (tertiary/aromatic N) is 3. The second-order valence-electron chi connectivity index (χ2n) is 6.55. The molecule has 134 valence electrons. The molecule has 26 heavy (non-hydrogen) atoms. The number of carbonyl (C=O) groups excluding carboxylic acids is 1. The Bertz CT molecular complexity index is 1020. The monoisotopic (exact) mass is 369 g/mol. The summed E-state index contributed by atoms with van der Waals surface area (Å²) in [6, 6.07) is 8.91. The van der Waals surface area contributed by atoms with E-state index >= 15 is 0 Å². The Balaban J connectivity index is 1.49. The number of ether oxygens (including phenoxy) is 1. The van der Waals surface area contributed by atoms with Crippen LogP contribution >= 0.6 is 11.3 Å². The maximum atomic E-state index is 12.4. The average molecular weight is 369 g/mol. The molecule has 2 heterocycles. The van der Waals surface area contributed by atoms with Crippen LogP contribution < -0.4 is 5.56 Å². The van der Waals surface area contributed by atoms with Crippen molar-refractivity contribution in [1.29, 1.82) is 0 Å². The topological polar surface area (TPSA) is 74.1 Å². The van der Waals surface area contributed by atoms with E-state index in [0.29, 0.717) is 21.7 Å². The normalized spacial score (nSPS) is 16.4. The molecule has 1 aromatic carbocycles. The SMILES string of the molecule is CC[C@H]1CCc2sc(C(=O)OCn3nnc4ccccc4c3=O)cc2C1. The molecule has 7 heteroatoms. The predicted molar refractivity (Wildman–Crippen MR) is 99.3 cm³/mol. The van der Waals surface area contributed by atoms with E-state index in [-0.39, 0.29) is 12.3 Å². The Labute approximate surface area is 154 Å². The zero-order valence-electron chi connectivity index (χ0n) is 14.5. The maximum absolute atomic E-state index is 12.4. The molecule has 0 amide bonds. The van der Waals surface area contributed by atoms with Gasteiger partial charge >= 0.3 is 5.97 Å². The van der Waals surface area contributed by atoms with Crippen molar-refractivity contribution in [3.63, 3.8) is 0 Å². The van der Waals surface area contributed by atoms with Gasteiger partial charge in [0.05, 0.1) is 5.39 Å². The van der Waals surface area contributed by atoms with Crippen LogP contribution in [-0.4, -0.2) is 21.0 Å². The van der Waals surface area contributed by atoms with Crippen molar-refractivity contribution in [2.75, 3.05) is 0 Å². The van der Waals surface area contributed by atoms with Crippen LogP contribution in [0.15, 0.2) is 35.1 Å². The molecule has 1 atom stereocenters. The highest BCUT2D eigenvalue weighted by Gasteiger charge is 2.22. The number of aromatic nitrogens is 3. The first-order chi connectivity index (χ1) is 12.7. The van der Waals surface area contributed by atoms with Crippen molar-refractivity contribution >= 4 is 28.2 Å². The zero-order valence-corrected chi connectivity index (χ0v) is 15.3. The van der Waals surface area contributed by atoms with Gasteiger partial charge in [-0.1, -0.05) is 30.7 Å². The molecule has 0 aliphatic heterocycles. The van der Waals surface area contributed by atoms with Crippen LogP contribution in [0, 0.1) is 5.92 Å². The summed E-state index contributed by atoms with van der Waals surface area (Å²) in [5, 5.41) is 8.28. The fraction of sp³-hybridized carbons (Fsp3) is 0.368. The Morgan fingerprint density at radius 2 is 2.23 bits per heavy atom. The van der Waals surface area contributed by atoms with Crippen LogP contribution in [0.2, 0.25) is 0 Å². The van der Waals surface area contributed by atoms with Crippen LogP contribution in [0.5, 0.6) is 0 Å². The van der Waals surface area contributed by atoms with Gasteiger partial charge in [0.25, 0.3) is 5.56 Å². The summed E-state index contributed by atoms with van der Waals surface area (Å²) < 4.78 is 6.38. The van der Waals surface area contributed by atoms with Crippen LogP contribution in [-0.2, 0) is 24.3 Å². The standard InChI is InChI=1S/C19H19N3O3S/c1-2-12-7-8-16-13(9-12)10-17(26-16)19(24)25-11-22-18(23)14-5-3-4-6-15(14)20-21-22/h3-6,10,12H,2,7-9,11H2,1H3/t12-/m0/s1. The lowest BCUT2D eigenvalue weighted by Crippen LogP contribution is -2.26. The van der Waals surface area contributed by atoms with Crippen molar-refractivity contribution in [3.05, 3.63) is 56.0 Å². The van der Waals surface area contributed by atoms with Crippen molar-refractivity contribution in [2.45, 2.75) is 39.3 Å². The van der Waals surface area contributed by atoms with Gasteiger partial charge in [0, 0.05) is 4.88 Å². The Morgan fingerprint density at radius 3 is 3.08 bits per heavy atom. The first-order valence-corrected chi connectivity index (χ1v) is 9.58. The summed E-state index contributed by atoms with van der Waals surface area (Å²) >= 11 is 1.50. The third-order valence-corrected chi connectivity index (χ3v) is 6.13. The lowest BCUT2D eigenvalue weighted by Gasteiger charge is -2.19. The van der Waals surface area contributed by atoms with Gasteiger partial charge in [-0.3, -0.25) is 4.79 Å². The molecule has 2 aromatic heterocycles. The molecule has 0 saturated carbocycles. The molecule has 3 aromatic rings. The van der Waals surface area contributed by atoms with Crippen molar-refractivity contribution in [2.24, 2.45) is 5.92 Å². The molecule has 1 aliphatic carbocycles. The number of carbonyl (C=O) groups is 1. The maximum Gasteiger partial charge on any atom is 0.350 e. The zero-order chi connectivity index (χ0) is 18.1. The highest BCUT2D eigenvalue weighted by Crippen LogP contribution is 2.33. The summed E-state index contributed by atoms with van der Waals surface area (Å²) in [6.07, 6.45) is 4.41. The van der Waals surface area contributed by atoms with Gasteiger partial charge in [0.15, 0.2) is 6.73 Å². The minimum atomic E-state index is -0.417. The third-order valence-electron chi connectivity index (χ3n) is 4.91. The quantitative estimate of drug-likeness (QED) is 0.660. The Kier molecular flexibility index (Phi) is 4.55. The molecule has 0 unspecified atom stereocenters. The number of hydrogen-bond acceptors (Lipinski definition) is 6. The number of hydrogen-bond donors (Lipinski definition) is 0. The van der Waals surface area contributed by atoms with Gasteiger partial charge < -0.3 is 4.74 Å². The lowest BCUT2D eigenvalue weighted by molar-refractivity contribution is 0.0342. The summed E-state index contributed by atoms with van der Waals surface area (Å²) in [7, 11) is 0. The van der Waals surface area contributed by atoms with Crippen LogP contribution in [0.1, 0.15) is 39.9 Å². The summed E-state index contributed by atoms with van der Waals surface area (Å²) in [6.45, 7) is 1.97. The molecule has 0 saturated heterocycles. The number of esters is 1. The summed E-state index contributed by atoms with van der Waals surface area (Å²) in [5.41, 5.74) is 1.47. The second kappa shape index (κ2) is 6.99. The molecule has 0 bridgehead atoms. The minimum absolute atomic E-state index is 0.240. The lowest BCUT2D eigenvalue weighted by atomic mass is 9.87. The molecular formula is C19H19N3O3S. The fourth-order valence-corrected chi connectivity index (χ4v) is 4.45. The van der Waals surface area contributed by atoms with E-state index in [9.17, 15) is 9.59 Å². The van der Waals surface area contributed by atoms with Gasteiger partial charge in [-0.05, 0) is 48.9 Å². The van der Waals surface area contributed by atoms with E-state index in [1.165, 1.54) is 34.6 Å². The Morgan fingerprint density at radius 1 is 1.38 bits per heavy atom. The number of aryl methyl sites for hydroxylation is 1. The van der Waals surface area contributed by atoms with Gasteiger partial charge in [0.2, 0.25) is 0 Å². The van der Waals surface area contributed by atoms with E-state index in [1.54, 1.807) is 24.3 Å². The van der Waals surface area contributed by atoms with Crippen molar-refractivity contribution in [1.82, 2.24) is 15.0 Å². The van der Waals surface area contributed by atoms with E-state index in [2.05, 4.69) is 17.2 Å². The van der Waals surface area contributed by atoms with Gasteiger partial charge in [-0.2, -0.15) is 4.68 Å². The number of fused-ring (bicyclic) bond motifs is 2. The first kappa shape index (κ1) is 16.9. The average Bonchev–Trinajstić information content (AvgIpc) is 3.10. The first-order valence-electron chi connectivity index (χ1n) is 8.77. The van der Waals surface area contributed by atoms with E-state index in [0.717, 1.165) is 17.5 Å². The highest BCUT2D eigenvalue weighted by atomic mass is 32.1. The van der Waals surface area contributed by atoms with E-state index in [4.69, 9.17) is 4.74 Å². The van der Waals surface area contributed by atoms with Crippen LogP contribution in [0.25, 0.3) is 10.9 Å². The molecule has 4 rings (SSSR count). The van der Waals surface area contributed by atoms with E-state index < -0.39 is 5.97 Å². The Hall–Kier alpha value is -2.54. The fourth-order valence-electron chi connectivity index (χ4n) is 3.35. The molecule has 0 spiro atoms. The van der Waals surface area contributed by atoms with Crippen molar-refractivity contribution < 1.29 is 9.53 Å². The largest absolute Gasteiger partial charge is 0.438 e. The molecule has 1 aliphatic rings. The smallest absolute Gasteiger partial charge is 0.350 e. The van der Waals surface area contributed by atoms with E-state index in [1.807, 2.05) is 6.07 Å². The van der Waals surface area contributed by atoms with Crippen molar-refractivity contribution in [3.8, 4) is 0 Å². The van der Waals surface area contributed by atoms with Gasteiger partial charge in [0.1, 0.15) is 10.4 Å². The second-order valence-corrected chi connectivity index (χ2v) is 7.69. The third kappa shape index (κ3) is 3.14. The summed E-state index contributed by atoms with van der Waals surface area (Å²) in [5.74, 6) is 0.284. The molecular weight excluding hydrogens is 350 g/mol. The molecule has 6 nitrogen and oxygen atoms in total. The number of rotatable bonds is 4. The molecule has 0 fully saturated rings. The number of benzene rings is 1. The highest BCUT2D eigenvalue weighted by molar-refractivity contribution is 7.14. The van der Waals surface area contributed by atoms with Crippen LogP contribution in [0.3, 0.4) is 0 Å². The predicted octanol–water partition coefficient (Wildman–Crippen LogP) is 3.18. The molecule has 0 N–H and O–H groups in total. The molecule has 0 radical (unpaired) electrons. The van der Waals surface area contributed by atoms with Gasteiger partial charge in [-0.15, -0.1) is 16.4 Å². The van der Waals surface area contributed by atoms with Gasteiger partial charge in [-0.25, -0.2) is 4.79 Å². The number of thiophene rings is 1.